The van der Waals surface area contributed by atoms with Crippen LogP contribution in [0.25, 0.3) is 0 Å². The van der Waals surface area contributed by atoms with Gasteiger partial charge in [0, 0.05) is 12.6 Å². The van der Waals surface area contributed by atoms with Crippen LogP contribution in [0.2, 0.25) is 0 Å². The average molecular weight is 226 g/mol. The molecule has 0 amide bonds. The van der Waals surface area contributed by atoms with E-state index in [9.17, 15) is 9.90 Å². The molecule has 2 fully saturated rings. The molecule has 1 saturated heterocycles. The molecule has 0 bridgehead atoms. The van der Waals surface area contributed by atoms with Gasteiger partial charge in [-0.2, -0.15) is 0 Å². The van der Waals surface area contributed by atoms with Crippen LogP contribution in [-0.4, -0.2) is 49.2 Å². The van der Waals surface area contributed by atoms with Gasteiger partial charge < -0.3 is 15.3 Å². The summed E-state index contributed by atoms with van der Waals surface area (Å²) in [5, 5.41) is 12.7. The minimum absolute atomic E-state index is 0.142. The smallest absolute Gasteiger partial charge is 0.311 e. The van der Waals surface area contributed by atoms with Crippen molar-refractivity contribution in [1.29, 1.82) is 0 Å². The van der Waals surface area contributed by atoms with E-state index >= 15 is 0 Å². The van der Waals surface area contributed by atoms with Crippen LogP contribution < -0.4 is 5.32 Å². The first-order valence-corrected chi connectivity index (χ1v) is 6.19. The largest absolute Gasteiger partial charge is 0.481 e. The van der Waals surface area contributed by atoms with Crippen molar-refractivity contribution in [3.8, 4) is 0 Å². The van der Waals surface area contributed by atoms with Crippen molar-refractivity contribution >= 4 is 5.97 Å². The Kier molecular flexibility index (Phi) is 3.22. The first kappa shape index (κ1) is 11.9. The van der Waals surface area contributed by atoms with Gasteiger partial charge in [0.05, 0.1) is 5.41 Å². The summed E-state index contributed by atoms with van der Waals surface area (Å²) >= 11 is 0. The Balaban J connectivity index is 2.12. The zero-order valence-electron chi connectivity index (χ0n) is 10.2. The van der Waals surface area contributed by atoms with E-state index < -0.39 is 11.4 Å². The molecule has 4 heteroatoms. The Morgan fingerprint density at radius 2 is 2.25 bits per heavy atom. The van der Waals surface area contributed by atoms with Crippen molar-refractivity contribution in [2.75, 3.05) is 27.2 Å². The molecule has 92 valence electrons. The highest BCUT2D eigenvalue weighted by molar-refractivity contribution is 5.76. The predicted octanol–water partition coefficient (Wildman–Crippen LogP) is 0.781. The van der Waals surface area contributed by atoms with E-state index in [0.29, 0.717) is 5.92 Å². The van der Waals surface area contributed by atoms with Crippen LogP contribution >= 0.6 is 0 Å². The Hall–Kier alpha value is -0.610. The topological polar surface area (TPSA) is 52.6 Å². The van der Waals surface area contributed by atoms with Crippen molar-refractivity contribution in [3.63, 3.8) is 0 Å². The first-order chi connectivity index (χ1) is 7.60. The van der Waals surface area contributed by atoms with E-state index in [1.54, 1.807) is 0 Å². The van der Waals surface area contributed by atoms with Crippen LogP contribution in [0.15, 0.2) is 0 Å². The third-order valence-electron chi connectivity index (χ3n) is 4.48. The van der Waals surface area contributed by atoms with Crippen molar-refractivity contribution in [1.82, 2.24) is 10.2 Å². The molecule has 0 aromatic heterocycles. The lowest BCUT2D eigenvalue weighted by atomic mass is 9.61. The maximum absolute atomic E-state index is 11.5. The molecule has 0 aromatic rings. The molecule has 2 N–H and O–H groups in total. The van der Waals surface area contributed by atoms with Crippen LogP contribution in [0, 0.1) is 11.3 Å². The summed E-state index contributed by atoms with van der Waals surface area (Å²) in [6.45, 7) is 2.12. The SMILES string of the molecule is CNC(C1CCN(C)C1)C1(C(=O)O)CCC1. The van der Waals surface area contributed by atoms with Gasteiger partial charge in [-0.15, -0.1) is 0 Å². The van der Waals surface area contributed by atoms with Crippen molar-refractivity contribution in [2.45, 2.75) is 31.7 Å². The summed E-state index contributed by atoms with van der Waals surface area (Å²) in [6, 6.07) is 0.142. The highest BCUT2D eigenvalue weighted by Crippen LogP contribution is 2.47. The summed E-state index contributed by atoms with van der Waals surface area (Å²) in [4.78, 5) is 13.8. The lowest BCUT2D eigenvalue weighted by Gasteiger charge is -2.46. The molecule has 2 unspecified atom stereocenters. The van der Waals surface area contributed by atoms with Crippen LogP contribution in [-0.2, 0) is 4.79 Å². The Bertz CT molecular complexity index is 276. The lowest BCUT2D eigenvalue weighted by Crippen LogP contribution is -2.57. The van der Waals surface area contributed by atoms with Crippen LogP contribution in [0.4, 0.5) is 0 Å². The summed E-state index contributed by atoms with van der Waals surface area (Å²) in [5.41, 5.74) is -0.482. The summed E-state index contributed by atoms with van der Waals surface area (Å²) in [6.07, 6.45) is 3.87. The average Bonchev–Trinajstić information content (AvgIpc) is 2.56. The van der Waals surface area contributed by atoms with Crippen LogP contribution in [0.3, 0.4) is 0 Å². The maximum Gasteiger partial charge on any atom is 0.311 e. The molecule has 2 rings (SSSR count). The number of hydrogen-bond acceptors (Lipinski definition) is 3. The second kappa shape index (κ2) is 4.34. The van der Waals surface area contributed by atoms with Crippen LogP contribution in [0.1, 0.15) is 25.7 Å². The number of aliphatic carboxylic acids is 1. The summed E-state index contributed by atoms with van der Waals surface area (Å²) in [5.74, 6) is -0.112. The number of hydrogen-bond donors (Lipinski definition) is 2. The minimum Gasteiger partial charge on any atom is -0.481 e. The summed E-state index contributed by atoms with van der Waals surface area (Å²) < 4.78 is 0. The minimum atomic E-state index is -0.604. The molecule has 1 aliphatic carbocycles. The zero-order valence-corrected chi connectivity index (χ0v) is 10.2. The molecular formula is C12H22N2O2. The highest BCUT2D eigenvalue weighted by atomic mass is 16.4. The maximum atomic E-state index is 11.5. The number of carbonyl (C=O) groups is 1. The summed E-state index contributed by atoms with van der Waals surface area (Å²) in [7, 11) is 4.02. The number of carboxylic acid groups (broad SMARTS) is 1. The van der Waals surface area contributed by atoms with E-state index in [-0.39, 0.29) is 6.04 Å². The van der Waals surface area contributed by atoms with E-state index in [1.807, 2.05) is 7.05 Å². The molecule has 1 saturated carbocycles. The molecular weight excluding hydrogens is 204 g/mol. The number of carboxylic acids is 1. The Morgan fingerprint density at radius 3 is 2.56 bits per heavy atom. The van der Waals surface area contributed by atoms with Crippen molar-refractivity contribution < 1.29 is 9.90 Å². The fourth-order valence-electron chi connectivity index (χ4n) is 3.42. The molecule has 1 heterocycles. The molecule has 4 nitrogen and oxygen atoms in total. The van der Waals surface area contributed by atoms with Crippen molar-refractivity contribution in [3.05, 3.63) is 0 Å². The quantitative estimate of drug-likeness (QED) is 0.744. The van der Waals surface area contributed by atoms with E-state index in [0.717, 1.165) is 38.8 Å². The van der Waals surface area contributed by atoms with Gasteiger partial charge in [-0.05, 0) is 45.8 Å². The van der Waals surface area contributed by atoms with Gasteiger partial charge in [-0.3, -0.25) is 4.79 Å². The van der Waals surface area contributed by atoms with E-state index in [2.05, 4.69) is 17.3 Å². The van der Waals surface area contributed by atoms with Gasteiger partial charge in [0.15, 0.2) is 0 Å². The molecule has 16 heavy (non-hydrogen) atoms. The fourth-order valence-corrected chi connectivity index (χ4v) is 3.42. The molecule has 2 atom stereocenters. The molecule has 0 spiro atoms. The number of rotatable bonds is 4. The van der Waals surface area contributed by atoms with Crippen molar-refractivity contribution in [2.24, 2.45) is 11.3 Å². The Morgan fingerprint density at radius 1 is 1.56 bits per heavy atom. The molecule has 0 aromatic carbocycles. The normalized spacial score (nSPS) is 31.0. The first-order valence-electron chi connectivity index (χ1n) is 6.19. The number of likely N-dealkylation sites (tertiary alicyclic amines) is 1. The molecule has 0 radical (unpaired) electrons. The van der Waals surface area contributed by atoms with Gasteiger partial charge in [0.25, 0.3) is 0 Å². The second-order valence-electron chi connectivity index (χ2n) is 5.39. The zero-order chi connectivity index (χ0) is 11.8. The van der Waals surface area contributed by atoms with Crippen LogP contribution in [0.5, 0.6) is 0 Å². The third-order valence-corrected chi connectivity index (χ3v) is 4.48. The van der Waals surface area contributed by atoms with E-state index in [4.69, 9.17) is 0 Å². The second-order valence-corrected chi connectivity index (χ2v) is 5.39. The van der Waals surface area contributed by atoms with Gasteiger partial charge in [0.2, 0.25) is 0 Å². The lowest BCUT2D eigenvalue weighted by molar-refractivity contribution is -0.158. The molecule has 1 aliphatic heterocycles. The fraction of sp³-hybridized carbons (Fsp3) is 0.917. The van der Waals surface area contributed by atoms with E-state index in [1.165, 1.54) is 0 Å². The predicted molar refractivity (Wildman–Crippen MR) is 62.4 cm³/mol. The Labute approximate surface area is 97.0 Å². The van der Waals surface area contributed by atoms with Gasteiger partial charge in [0.1, 0.15) is 0 Å². The van der Waals surface area contributed by atoms with Gasteiger partial charge in [-0.1, -0.05) is 6.42 Å². The van der Waals surface area contributed by atoms with Gasteiger partial charge in [-0.25, -0.2) is 0 Å². The third kappa shape index (κ3) is 1.74. The monoisotopic (exact) mass is 226 g/mol. The highest BCUT2D eigenvalue weighted by Gasteiger charge is 2.53. The van der Waals surface area contributed by atoms with Gasteiger partial charge >= 0.3 is 5.97 Å². The molecule has 2 aliphatic rings. The standard InChI is InChI=1S/C12H22N2O2/c1-13-10(9-4-7-14(2)8-9)12(11(15)16)5-3-6-12/h9-10,13H,3-8H2,1-2H3,(H,15,16). The number of nitrogens with zero attached hydrogens (tertiary/aromatic N) is 1. The number of nitrogens with one attached hydrogen (secondary N) is 1.